The molecule has 0 amide bonds. The molecular weight excluding hydrogens is 202 g/mol. The molecule has 0 saturated heterocycles. The van der Waals surface area contributed by atoms with Gasteiger partial charge in [-0.05, 0) is 37.3 Å². The Labute approximate surface area is 96.4 Å². The molecule has 3 atom stereocenters. The molecule has 1 aliphatic carbocycles. The Morgan fingerprint density at radius 3 is 2.67 bits per heavy atom. The van der Waals surface area contributed by atoms with Crippen LogP contribution < -0.4 is 5.73 Å². The van der Waals surface area contributed by atoms with Gasteiger partial charge in [0, 0.05) is 16.2 Å². The van der Waals surface area contributed by atoms with Crippen molar-refractivity contribution in [2.24, 2.45) is 11.7 Å². The highest BCUT2D eigenvalue weighted by Gasteiger charge is 2.26. The van der Waals surface area contributed by atoms with Crippen molar-refractivity contribution >= 4 is 11.8 Å². The monoisotopic (exact) mass is 221 g/mol. The van der Waals surface area contributed by atoms with Crippen LogP contribution in [0.25, 0.3) is 0 Å². The van der Waals surface area contributed by atoms with E-state index in [-0.39, 0.29) is 0 Å². The average Bonchev–Trinajstić information content (AvgIpc) is 2.25. The molecular formula is C13H19NS. The summed E-state index contributed by atoms with van der Waals surface area (Å²) in [5.74, 6) is 0.839. The van der Waals surface area contributed by atoms with Gasteiger partial charge < -0.3 is 5.73 Å². The molecule has 1 aliphatic rings. The van der Waals surface area contributed by atoms with E-state index >= 15 is 0 Å². The Hall–Kier alpha value is -0.470. The van der Waals surface area contributed by atoms with Gasteiger partial charge in [-0.1, -0.05) is 25.1 Å². The topological polar surface area (TPSA) is 26.0 Å². The van der Waals surface area contributed by atoms with Crippen LogP contribution in [0.2, 0.25) is 0 Å². The second-order valence-electron chi connectivity index (χ2n) is 4.55. The molecule has 1 saturated carbocycles. The molecule has 1 nitrogen and oxygen atoms in total. The van der Waals surface area contributed by atoms with Crippen molar-refractivity contribution in [2.75, 3.05) is 0 Å². The van der Waals surface area contributed by atoms with Crippen molar-refractivity contribution in [3.05, 3.63) is 30.3 Å². The van der Waals surface area contributed by atoms with Gasteiger partial charge in [0.2, 0.25) is 0 Å². The third kappa shape index (κ3) is 2.99. The minimum atomic E-state index is 0.381. The molecule has 0 aromatic heterocycles. The molecule has 0 radical (unpaired) electrons. The van der Waals surface area contributed by atoms with Crippen LogP contribution in [-0.4, -0.2) is 11.3 Å². The molecule has 0 aliphatic heterocycles. The highest BCUT2D eigenvalue weighted by Crippen LogP contribution is 2.35. The molecule has 82 valence electrons. The van der Waals surface area contributed by atoms with Gasteiger partial charge in [-0.2, -0.15) is 0 Å². The first-order valence-electron chi connectivity index (χ1n) is 5.73. The number of thioether (sulfide) groups is 1. The third-order valence-electron chi connectivity index (χ3n) is 3.14. The summed E-state index contributed by atoms with van der Waals surface area (Å²) in [6.07, 6.45) is 3.75. The van der Waals surface area contributed by atoms with Crippen LogP contribution in [0.15, 0.2) is 35.2 Å². The Bertz CT molecular complexity index is 299. The van der Waals surface area contributed by atoms with Gasteiger partial charge >= 0.3 is 0 Å². The second kappa shape index (κ2) is 5.04. The Morgan fingerprint density at radius 1 is 1.20 bits per heavy atom. The number of hydrogen-bond acceptors (Lipinski definition) is 2. The van der Waals surface area contributed by atoms with Crippen molar-refractivity contribution < 1.29 is 0 Å². The van der Waals surface area contributed by atoms with Crippen LogP contribution >= 0.6 is 11.8 Å². The fraction of sp³-hybridized carbons (Fsp3) is 0.538. The summed E-state index contributed by atoms with van der Waals surface area (Å²) in [5, 5.41) is 0.608. The zero-order valence-corrected chi connectivity index (χ0v) is 10.0. The maximum atomic E-state index is 6.17. The Kier molecular flexibility index (Phi) is 3.71. The van der Waals surface area contributed by atoms with Crippen LogP contribution in [0.4, 0.5) is 0 Å². The van der Waals surface area contributed by atoms with Gasteiger partial charge in [0.25, 0.3) is 0 Å². The maximum Gasteiger partial charge on any atom is 0.0248 e. The molecule has 2 heteroatoms. The SMILES string of the molecule is CC1CCC(N)C(Sc2ccccc2)C1. The minimum Gasteiger partial charge on any atom is -0.327 e. The fourth-order valence-corrected chi connectivity index (χ4v) is 3.56. The van der Waals surface area contributed by atoms with E-state index in [1.165, 1.54) is 24.2 Å². The summed E-state index contributed by atoms with van der Waals surface area (Å²) < 4.78 is 0. The van der Waals surface area contributed by atoms with Crippen LogP contribution in [0.1, 0.15) is 26.2 Å². The Morgan fingerprint density at radius 2 is 1.93 bits per heavy atom. The summed E-state index contributed by atoms with van der Waals surface area (Å²) in [5.41, 5.74) is 6.17. The highest BCUT2D eigenvalue weighted by atomic mass is 32.2. The van der Waals surface area contributed by atoms with Gasteiger partial charge in [-0.3, -0.25) is 0 Å². The number of rotatable bonds is 2. The molecule has 2 N–H and O–H groups in total. The predicted molar refractivity (Wildman–Crippen MR) is 67.1 cm³/mol. The number of nitrogens with two attached hydrogens (primary N) is 1. The lowest BCUT2D eigenvalue weighted by atomic mass is 9.87. The predicted octanol–water partition coefficient (Wildman–Crippen LogP) is 3.29. The number of hydrogen-bond donors (Lipinski definition) is 1. The summed E-state index contributed by atoms with van der Waals surface area (Å²) >= 11 is 1.95. The largest absolute Gasteiger partial charge is 0.327 e. The van der Waals surface area contributed by atoms with Crippen molar-refractivity contribution in [1.29, 1.82) is 0 Å². The fourth-order valence-electron chi connectivity index (χ4n) is 2.16. The van der Waals surface area contributed by atoms with E-state index in [4.69, 9.17) is 5.73 Å². The Balaban J connectivity index is 1.98. The van der Waals surface area contributed by atoms with Crippen LogP contribution in [0.5, 0.6) is 0 Å². The molecule has 0 heterocycles. The second-order valence-corrected chi connectivity index (χ2v) is 5.86. The standard InChI is InChI=1S/C13H19NS/c1-10-7-8-12(14)13(9-10)15-11-5-3-2-4-6-11/h2-6,10,12-13H,7-9,14H2,1H3. The van der Waals surface area contributed by atoms with E-state index in [1.54, 1.807) is 0 Å². The number of benzene rings is 1. The molecule has 3 unspecified atom stereocenters. The summed E-state index contributed by atoms with van der Waals surface area (Å²) in [6.45, 7) is 2.34. The minimum absolute atomic E-state index is 0.381. The third-order valence-corrected chi connectivity index (χ3v) is 4.52. The van der Waals surface area contributed by atoms with Gasteiger partial charge in [0.05, 0.1) is 0 Å². The summed E-state index contributed by atoms with van der Waals surface area (Å²) in [7, 11) is 0. The zero-order chi connectivity index (χ0) is 10.7. The van der Waals surface area contributed by atoms with E-state index in [2.05, 4.69) is 37.3 Å². The van der Waals surface area contributed by atoms with E-state index < -0.39 is 0 Å². The summed E-state index contributed by atoms with van der Waals surface area (Å²) in [4.78, 5) is 1.35. The smallest absolute Gasteiger partial charge is 0.0248 e. The van der Waals surface area contributed by atoms with Crippen LogP contribution in [0, 0.1) is 5.92 Å². The van der Waals surface area contributed by atoms with Crippen LogP contribution in [-0.2, 0) is 0 Å². The normalized spacial score (nSPS) is 31.5. The van der Waals surface area contributed by atoms with Crippen molar-refractivity contribution in [2.45, 2.75) is 42.4 Å². The van der Waals surface area contributed by atoms with Crippen molar-refractivity contribution in [1.82, 2.24) is 0 Å². The molecule has 1 aromatic rings. The van der Waals surface area contributed by atoms with Gasteiger partial charge in [0.1, 0.15) is 0 Å². The van der Waals surface area contributed by atoms with Crippen molar-refractivity contribution in [3.63, 3.8) is 0 Å². The molecule has 1 aromatic carbocycles. The molecule has 2 rings (SSSR count). The van der Waals surface area contributed by atoms with Gasteiger partial charge in [-0.15, -0.1) is 11.8 Å². The highest BCUT2D eigenvalue weighted by molar-refractivity contribution is 8.00. The first-order chi connectivity index (χ1) is 7.25. The quantitative estimate of drug-likeness (QED) is 0.829. The lowest BCUT2D eigenvalue weighted by molar-refractivity contribution is 0.357. The van der Waals surface area contributed by atoms with Gasteiger partial charge in [-0.25, -0.2) is 0 Å². The average molecular weight is 221 g/mol. The van der Waals surface area contributed by atoms with E-state index in [0.717, 1.165) is 5.92 Å². The maximum absolute atomic E-state index is 6.17. The lowest BCUT2D eigenvalue weighted by Crippen LogP contribution is -2.37. The summed E-state index contributed by atoms with van der Waals surface area (Å²) in [6, 6.07) is 11.0. The molecule has 1 fully saturated rings. The molecule has 15 heavy (non-hydrogen) atoms. The molecule has 0 spiro atoms. The molecule has 0 bridgehead atoms. The van der Waals surface area contributed by atoms with Gasteiger partial charge in [0.15, 0.2) is 0 Å². The first kappa shape index (κ1) is 11.0. The van der Waals surface area contributed by atoms with E-state index in [9.17, 15) is 0 Å². The van der Waals surface area contributed by atoms with E-state index in [1.807, 2.05) is 11.8 Å². The van der Waals surface area contributed by atoms with E-state index in [0.29, 0.717) is 11.3 Å². The zero-order valence-electron chi connectivity index (χ0n) is 9.23. The van der Waals surface area contributed by atoms with Crippen molar-refractivity contribution in [3.8, 4) is 0 Å². The van der Waals surface area contributed by atoms with Crippen LogP contribution in [0.3, 0.4) is 0 Å². The lowest BCUT2D eigenvalue weighted by Gasteiger charge is -2.31. The first-order valence-corrected chi connectivity index (χ1v) is 6.61.